The van der Waals surface area contributed by atoms with Crippen molar-refractivity contribution in [1.82, 2.24) is 10.6 Å². The summed E-state index contributed by atoms with van der Waals surface area (Å²) < 4.78 is 0. The zero-order valence-corrected chi connectivity index (χ0v) is 8.35. The molecule has 0 rings (SSSR count). The van der Waals surface area contributed by atoms with Gasteiger partial charge < -0.3 is 10.6 Å². The molecule has 0 aliphatic heterocycles. The highest BCUT2D eigenvalue weighted by molar-refractivity contribution is 6.35. The van der Waals surface area contributed by atoms with E-state index < -0.39 is 11.7 Å². The van der Waals surface area contributed by atoms with Gasteiger partial charge in [-0.15, -0.1) is 0 Å². The lowest BCUT2D eigenvalue weighted by Crippen LogP contribution is -2.37. The number of Topliss-reactive ketones (excluding diaryl/α,β-unsaturated/α-hetero) is 1. The van der Waals surface area contributed by atoms with Crippen LogP contribution in [0.2, 0.25) is 0 Å². The Balaban J connectivity index is 3.57. The second-order valence-corrected chi connectivity index (χ2v) is 2.85. The molecule has 0 aromatic rings. The average Bonchev–Trinajstić information content (AvgIpc) is 2.11. The van der Waals surface area contributed by atoms with Crippen molar-refractivity contribution >= 4 is 17.6 Å². The number of rotatable bonds is 5. The van der Waals surface area contributed by atoms with E-state index in [0.29, 0.717) is 5.57 Å². The number of carbonyl (C=O) groups excluding carboxylic acids is 3. The van der Waals surface area contributed by atoms with E-state index in [2.05, 4.69) is 17.2 Å². The molecule has 0 aromatic carbocycles. The first-order valence-electron chi connectivity index (χ1n) is 4.17. The summed E-state index contributed by atoms with van der Waals surface area (Å²) in [5.74, 6) is -1.45. The van der Waals surface area contributed by atoms with Crippen molar-refractivity contribution in [1.29, 1.82) is 0 Å². The van der Waals surface area contributed by atoms with E-state index in [-0.39, 0.29) is 19.0 Å². The van der Waals surface area contributed by atoms with Crippen molar-refractivity contribution < 1.29 is 14.4 Å². The Hall–Kier alpha value is -1.65. The Bertz CT molecular complexity index is 243. The third-order valence-electron chi connectivity index (χ3n) is 1.40. The van der Waals surface area contributed by atoms with Crippen LogP contribution in [0.3, 0.4) is 0 Å². The first kappa shape index (κ1) is 12.3. The number of amides is 2. The molecule has 0 aliphatic carbocycles. The van der Waals surface area contributed by atoms with Gasteiger partial charge in [-0.2, -0.15) is 0 Å². The lowest BCUT2D eigenvalue weighted by Gasteiger charge is -2.04. The number of hydrogen-bond acceptors (Lipinski definition) is 3. The van der Waals surface area contributed by atoms with Crippen LogP contribution in [0.15, 0.2) is 12.2 Å². The minimum absolute atomic E-state index is 0.234. The predicted octanol–water partition coefficient (Wildman–Crippen LogP) is -0.616. The summed E-state index contributed by atoms with van der Waals surface area (Å²) in [6.45, 7) is 6.73. The second kappa shape index (κ2) is 5.90. The molecule has 0 saturated carbocycles. The minimum atomic E-state index is -0.644. The Labute approximate surface area is 82.6 Å². The fourth-order valence-electron chi connectivity index (χ4n) is 0.627. The highest BCUT2D eigenvalue weighted by Gasteiger charge is 2.05. The summed E-state index contributed by atoms with van der Waals surface area (Å²) in [5.41, 5.74) is 0.405. The Kier molecular flexibility index (Phi) is 5.21. The van der Waals surface area contributed by atoms with Gasteiger partial charge in [-0.05, 0) is 6.92 Å². The minimum Gasteiger partial charge on any atom is -0.351 e. The van der Waals surface area contributed by atoms with E-state index in [4.69, 9.17) is 0 Å². The van der Waals surface area contributed by atoms with Gasteiger partial charge in [-0.1, -0.05) is 6.58 Å². The van der Waals surface area contributed by atoms with Gasteiger partial charge in [0.2, 0.25) is 11.7 Å². The molecule has 2 amide bonds. The van der Waals surface area contributed by atoms with E-state index in [1.54, 1.807) is 6.92 Å². The lowest BCUT2D eigenvalue weighted by molar-refractivity contribution is -0.136. The molecule has 14 heavy (non-hydrogen) atoms. The molecule has 0 fully saturated rings. The maximum absolute atomic E-state index is 10.9. The smallest absolute Gasteiger partial charge is 0.287 e. The van der Waals surface area contributed by atoms with E-state index >= 15 is 0 Å². The van der Waals surface area contributed by atoms with Gasteiger partial charge in [0.05, 0.1) is 0 Å². The number of hydrogen-bond donors (Lipinski definition) is 2. The normalized spacial score (nSPS) is 9.00. The van der Waals surface area contributed by atoms with E-state index in [0.717, 1.165) is 0 Å². The van der Waals surface area contributed by atoms with Crippen LogP contribution >= 0.6 is 0 Å². The molecular weight excluding hydrogens is 184 g/mol. The summed E-state index contributed by atoms with van der Waals surface area (Å²) in [6, 6.07) is 0. The van der Waals surface area contributed by atoms with Gasteiger partial charge in [-0.25, -0.2) is 0 Å². The lowest BCUT2D eigenvalue weighted by atomic mass is 10.3. The van der Waals surface area contributed by atoms with Crippen LogP contribution in [0, 0.1) is 0 Å². The Morgan fingerprint density at radius 1 is 1.00 bits per heavy atom. The summed E-state index contributed by atoms with van der Waals surface area (Å²) >= 11 is 0. The molecule has 0 heterocycles. The summed E-state index contributed by atoms with van der Waals surface area (Å²) in [7, 11) is 0. The third kappa shape index (κ3) is 5.08. The van der Waals surface area contributed by atoms with E-state index in [1.165, 1.54) is 6.92 Å². The molecule has 0 aliphatic rings. The SMILES string of the molecule is C=C(C)C(=O)NCCNC(=O)C(C)=O. The van der Waals surface area contributed by atoms with Crippen LogP contribution in [-0.4, -0.2) is 30.7 Å². The molecular formula is C9H14N2O3. The molecule has 2 N–H and O–H groups in total. The fraction of sp³-hybridized carbons (Fsp3) is 0.444. The van der Waals surface area contributed by atoms with E-state index in [1.807, 2.05) is 0 Å². The quantitative estimate of drug-likeness (QED) is 0.351. The van der Waals surface area contributed by atoms with Crippen LogP contribution in [-0.2, 0) is 14.4 Å². The number of carbonyl (C=O) groups is 3. The molecule has 0 bridgehead atoms. The van der Waals surface area contributed by atoms with Crippen molar-refractivity contribution in [3.8, 4) is 0 Å². The predicted molar refractivity (Wildman–Crippen MR) is 51.5 cm³/mol. The largest absolute Gasteiger partial charge is 0.351 e. The zero-order valence-electron chi connectivity index (χ0n) is 8.35. The summed E-state index contributed by atoms with van der Waals surface area (Å²) in [6.07, 6.45) is 0. The first-order valence-corrected chi connectivity index (χ1v) is 4.17. The Morgan fingerprint density at radius 3 is 1.79 bits per heavy atom. The molecule has 5 heteroatoms. The van der Waals surface area contributed by atoms with Gasteiger partial charge in [-0.3, -0.25) is 14.4 Å². The topological polar surface area (TPSA) is 75.3 Å². The van der Waals surface area contributed by atoms with Crippen molar-refractivity contribution in [2.45, 2.75) is 13.8 Å². The number of nitrogens with one attached hydrogen (secondary N) is 2. The van der Waals surface area contributed by atoms with Crippen molar-refractivity contribution in [2.24, 2.45) is 0 Å². The molecule has 0 unspecified atom stereocenters. The monoisotopic (exact) mass is 198 g/mol. The fourth-order valence-corrected chi connectivity index (χ4v) is 0.627. The van der Waals surface area contributed by atoms with Gasteiger partial charge in [0.25, 0.3) is 5.91 Å². The van der Waals surface area contributed by atoms with Crippen LogP contribution in [0.1, 0.15) is 13.8 Å². The molecule has 0 spiro atoms. The highest BCUT2D eigenvalue weighted by Crippen LogP contribution is 1.83. The number of ketones is 1. The van der Waals surface area contributed by atoms with Crippen LogP contribution in [0.25, 0.3) is 0 Å². The van der Waals surface area contributed by atoms with Crippen molar-refractivity contribution in [2.75, 3.05) is 13.1 Å². The first-order chi connectivity index (χ1) is 6.45. The molecule has 0 atom stereocenters. The maximum atomic E-state index is 10.9. The van der Waals surface area contributed by atoms with Crippen LogP contribution in [0.5, 0.6) is 0 Å². The second-order valence-electron chi connectivity index (χ2n) is 2.85. The molecule has 5 nitrogen and oxygen atoms in total. The van der Waals surface area contributed by atoms with Crippen molar-refractivity contribution in [3.05, 3.63) is 12.2 Å². The molecule has 78 valence electrons. The highest BCUT2D eigenvalue weighted by atomic mass is 16.2. The molecule has 0 saturated heterocycles. The van der Waals surface area contributed by atoms with Crippen molar-refractivity contribution in [3.63, 3.8) is 0 Å². The van der Waals surface area contributed by atoms with Gasteiger partial charge in [0, 0.05) is 25.6 Å². The average molecular weight is 198 g/mol. The summed E-state index contributed by atoms with van der Waals surface area (Å²) in [4.78, 5) is 32.1. The third-order valence-corrected chi connectivity index (χ3v) is 1.40. The standard InChI is InChI=1S/C9H14N2O3/c1-6(2)8(13)10-4-5-11-9(14)7(3)12/h1,4-5H2,2-3H3,(H,10,13)(H,11,14). The maximum Gasteiger partial charge on any atom is 0.287 e. The Morgan fingerprint density at radius 2 is 1.43 bits per heavy atom. The molecule has 0 radical (unpaired) electrons. The summed E-state index contributed by atoms with van der Waals surface area (Å²) in [5, 5.41) is 4.86. The van der Waals surface area contributed by atoms with Crippen LogP contribution < -0.4 is 10.6 Å². The van der Waals surface area contributed by atoms with Gasteiger partial charge >= 0.3 is 0 Å². The van der Waals surface area contributed by atoms with E-state index in [9.17, 15) is 14.4 Å². The zero-order chi connectivity index (χ0) is 11.1. The van der Waals surface area contributed by atoms with Crippen LogP contribution in [0.4, 0.5) is 0 Å². The van der Waals surface area contributed by atoms with Gasteiger partial charge in [0.15, 0.2) is 0 Å². The molecule has 0 aromatic heterocycles. The van der Waals surface area contributed by atoms with Gasteiger partial charge in [0.1, 0.15) is 0 Å².